The molecule has 1 aromatic rings. The maximum atomic E-state index is 11.5. The topological polar surface area (TPSA) is 79.5 Å². The van der Waals surface area contributed by atoms with Crippen LogP contribution in [-0.2, 0) is 4.74 Å². The molecular formula is C11H11NO4. The number of nitrogens with zero attached hydrogens (tertiary/aromatic N) is 1. The average molecular weight is 221 g/mol. The Kier molecular flexibility index (Phi) is 3.72. The number of ether oxygens (including phenoxy) is 2. The largest absolute Gasteiger partial charge is 0.508 e. The van der Waals surface area contributed by atoms with Crippen LogP contribution in [0.25, 0.3) is 0 Å². The van der Waals surface area contributed by atoms with Gasteiger partial charge >= 0.3 is 5.97 Å². The predicted molar refractivity (Wildman–Crippen MR) is 55.3 cm³/mol. The fourth-order valence-corrected chi connectivity index (χ4v) is 1.28. The average Bonchev–Trinajstić information content (AvgIpc) is 2.28. The smallest absolute Gasteiger partial charge is 0.342 e. The first-order valence-corrected chi connectivity index (χ1v) is 4.62. The first-order valence-electron chi connectivity index (χ1n) is 4.62. The Labute approximate surface area is 92.8 Å². The summed E-state index contributed by atoms with van der Waals surface area (Å²) in [5.74, 6) is -0.703. The van der Waals surface area contributed by atoms with E-state index < -0.39 is 5.97 Å². The molecule has 1 N–H and O–H groups in total. The van der Waals surface area contributed by atoms with Crippen LogP contribution in [0.5, 0.6) is 11.5 Å². The van der Waals surface area contributed by atoms with Gasteiger partial charge in [-0.3, -0.25) is 0 Å². The van der Waals surface area contributed by atoms with E-state index in [1.807, 2.05) is 6.07 Å². The van der Waals surface area contributed by atoms with E-state index in [0.29, 0.717) is 0 Å². The molecule has 0 saturated carbocycles. The number of rotatable bonds is 3. The summed E-state index contributed by atoms with van der Waals surface area (Å²) in [6, 6.07) is 4.26. The van der Waals surface area contributed by atoms with Gasteiger partial charge in [0.2, 0.25) is 0 Å². The summed E-state index contributed by atoms with van der Waals surface area (Å²) in [4.78, 5) is 11.5. The van der Waals surface area contributed by atoms with Crippen LogP contribution in [0, 0.1) is 11.3 Å². The molecule has 0 spiro atoms. The van der Waals surface area contributed by atoms with Gasteiger partial charge in [0.15, 0.2) is 5.75 Å². The maximum Gasteiger partial charge on any atom is 0.342 e. The predicted octanol–water partition coefficient (Wildman–Crippen LogP) is 1.45. The van der Waals surface area contributed by atoms with Crippen molar-refractivity contribution in [2.24, 2.45) is 0 Å². The Morgan fingerprint density at radius 3 is 2.75 bits per heavy atom. The minimum atomic E-state index is -0.633. The molecule has 5 nitrogen and oxygen atoms in total. The minimum Gasteiger partial charge on any atom is -0.508 e. The lowest BCUT2D eigenvalue weighted by Gasteiger charge is -2.09. The number of hydrogen-bond acceptors (Lipinski definition) is 5. The fourth-order valence-electron chi connectivity index (χ4n) is 1.28. The molecule has 0 fully saturated rings. The summed E-state index contributed by atoms with van der Waals surface area (Å²) >= 11 is 0. The summed E-state index contributed by atoms with van der Waals surface area (Å²) < 4.78 is 9.74. The van der Waals surface area contributed by atoms with Crippen LogP contribution in [0.2, 0.25) is 0 Å². The first kappa shape index (κ1) is 11.9. The number of nitriles is 1. The van der Waals surface area contributed by atoms with E-state index in [1.165, 1.54) is 19.2 Å². The number of esters is 1. The van der Waals surface area contributed by atoms with Gasteiger partial charge in [0.05, 0.1) is 19.3 Å². The molecule has 0 radical (unpaired) electrons. The third kappa shape index (κ3) is 2.23. The third-order valence-electron chi connectivity index (χ3n) is 1.89. The van der Waals surface area contributed by atoms with Crippen LogP contribution in [0.3, 0.4) is 0 Å². The molecule has 0 heterocycles. The number of phenols is 1. The summed E-state index contributed by atoms with van der Waals surface area (Å²) in [6.45, 7) is 1.87. The van der Waals surface area contributed by atoms with Crippen LogP contribution in [0.15, 0.2) is 12.1 Å². The highest BCUT2D eigenvalue weighted by molar-refractivity contribution is 5.94. The molecule has 0 aliphatic rings. The number of aromatic hydroxyl groups is 1. The zero-order chi connectivity index (χ0) is 12.1. The Morgan fingerprint density at radius 2 is 2.25 bits per heavy atom. The third-order valence-corrected chi connectivity index (χ3v) is 1.89. The van der Waals surface area contributed by atoms with E-state index in [4.69, 9.17) is 14.7 Å². The maximum absolute atomic E-state index is 11.5. The van der Waals surface area contributed by atoms with Gasteiger partial charge < -0.3 is 14.6 Å². The van der Waals surface area contributed by atoms with Crippen LogP contribution < -0.4 is 4.74 Å². The molecule has 0 aliphatic carbocycles. The number of carbonyl (C=O) groups excluding carboxylic acids is 1. The Hall–Kier alpha value is -2.22. The standard InChI is InChI=1S/C11H11NO4/c1-3-16-11(14)9-5-8(13)4-7(6-12)10(9)15-2/h4-5,13H,3H2,1-2H3. The first-order chi connectivity index (χ1) is 7.63. The lowest BCUT2D eigenvalue weighted by molar-refractivity contribution is 0.0522. The van der Waals surface area contributed by atoms with Gasteiger partial charge in [0.1, 0.15) is 17.4 Å². The van der Waals surface area contributed by atoms with E-state index >= 15 is 0 Å². The highest BCUT2D eigenvalue weighted by Gasteiger charge is 2.18. The van der Waals surface area contributed by atoms with E-state index in [0.717, 1.165) is 0 Å². The van der Waals surface area contributed by atoms with Crippen molar-refractivity contribution in [3.8, 4) is 17.6 Å². The van der Waals surface area contributed by atoms with Crippen molar-refractivity contribution >= 4 is 5.97 Å². The molecule has 0 atom stereocenters. The second kappa shape index (κ2) is 5.03. The van der Waals surface area contributed by atoms with E-state index in [-0.39, 0.29) is 29.2 Å². The SMILES string of the molecule is CCOC(=O)c1cc(O)cc(C#N)c1OC. The molecule has 0 amide bonds. The van der Waals surface area contributed by atoms with E-state index in [9.17, 15) is 9.90 Å². The van der Waals surface area contributed by atoms with Crippen molar-refractivity contribution in [1.29, 1.82) is 5.26 Å². The van der Waals surface area contributed by atoms with Gasteiger partial charge in [0, 0.05) is 6.07 Å². The minimum absolute atomic E-state index is 0.0425. The number of carbonyl (C=O) groups is 1. The quantitative estimate of drug-likeness (QED) is 0.781. The van der Waals surface area contributed by atoms with Gasteiger partial charge in [-0.15, -0.1) is 0 Å². The molecule has 0 bridgehead atoms. The molecule has 1 aromatic carbocycles. The monoisotopic (exact) mass is 221 g/mol. The second-order valence-corrected chi connectivity index (χ2v) is 2.91. The molecule has 1 rings (SSSR count). The summed E-state index contributed by atoms with van der Waals surface area (Å²) in [5.41, 5.74) is 0.131. The molecule has 0 unspecified atom stereocenters. The lowest BCUT2D eigenvalue weighted by atomic mass is 10.1. The van der Waals surface area contributed by atoms with Gasteiger partial charge in [-0.1, -0.05) is 0 Å². The van der Waals surface area contributed by atoms with Crippen LogP contribution in [0.1, 0.15) is 22.8 Å². The molecule has 0 aliphatic heterocycles. The van der Waals surface area contributed by atoms with Gasteiger partial charge in [-0.2, -0.15) is 5.26 Å². The molecule has 0 aromatic heterocycles. The second-order valence-electron chi connectivity index (χ2n) is 2.91. The Bertz CT molecular complexity index is 448. The Balaban J connectivity index is 3.32. The summed E-state index contributed by atoms with van der Waals surface area (Å²) in [6.07, 6.45) is 0. The number of phenolic OH excluding ortho intramolecular Hbond substituents is 1. The lowest BCUT2D eigenvalue weighted by Crippen LogP contribution is -2.07. The Morgan fingerprint density at radius 1 is 1.56 bits per heavy atom. The van der Waals surface area contributed by atoms with Crippen molar-refractivity contribution in [3.05, 3.63) is 23.3 Å². The van der Waals surface area contributed by atoms with Crippen molar-refractivity contribution in [2.75, 3.05) is 13.7 Å². The molecule has 16 heavy (non-hydrogen) atoms. The molecule has 0 saturated heterocycles. The zero-order valence-corrected chi connectivity index (χ0v) is 8.98. The number of benzene rings is 1. The molecular weight excluding hydrogens is 210 g/mol. The molecule has 84 valence electrons. The molecule has 5 heteroatoms. The number of hydrogen-bond donors (Lipinski definition) is 1. The van der Waals surface area contributed by atoms with Crippen molar-refractivity contribution < 1.29 is 19.4 Å². The fraction of sp³-hybridized carbons (Fsp3) is 0.273. The van der Waals surface area contributed by atoms with Crippen LogP contribution >= 0.6 is 0 Å². The van der Waals surface area contributed by atoms with Crippen molar-refractivity contribution in [2.45, 2.75) is 6.92 Å². The summed E-state index contributed by atoms with van der Waals surface area (Å²) in [5, 5.41) is 18.2. The highest BCUT2D eigenvalue weighted by atomic mass is 16.5. The van der Waals surface area contributed by atoms with Gasteiger partial charge in [0.25, 0.3) is 0 Å². The summed E-state index contributed by atoms with van der Waals surface area (Å²) in [7, 11) is 1.34. The van der Waals surface area contributed by atoms with Crippen LogP contribution in [0.4, 0.5) is 0 Å². The normalized spacial score (nSPS) is 9.31. The van der Waals surface area contributed by atoms with Gasteiger partial charge in [-0.05, 0) is 13.0 Å². The zero-order valence-electron chi connectivity index (χ0n) is 8.98. The van der Waals surface area contributed by atoms with E-state index in [2.05, 4.69) is 0 Å². The number of methoxy groups -OCH3 is 1. The van der Waals surface area contributed by atoms with E-state index in [1.54, 1.807) is 6.92 Å². The highest BCUT2D eigenvalue weighted by Crippen LogP contribution is 2.28. The van der Waals surface area contributed by atoms with Crippen LogP contribution in [-0.4, -0.2) is 24.8 Å². The van der Waals surface area contributed by atoms with Gasteiger partial charge in [-0.25, -0.2) is 4.79 Å². The van der Waals surface area contributed by atoms with Crippen molar-refractivity contribution in [3.63, 3.8) is 0 Å². The van der Waals surface area contributed by atoms with Crippen molar-refractivity contribution in [1.82, 2.24) is 0 Å².